The molecule has 0 bridgehead atoms. The fourth-order valence-electron chi connectivity index (χ4n) is 1.26. The number of ether oxygens (including phenoxy) is 1. The molecule has 0 unspecified atom stereocenters. The number of methoxy groups -OCH3 is 1. The molecule has 0 aromatic carbocycles. The van der Waals surface area contributed by atoms with Gasteiger partial charge >= 0.3 is 0 Å². The Kier molecular flexibility index (Phi) is 2.32. The molecule has 0 saturated heterocycles. The quantitative estimate of drug-likeness (QED) is 0.757. The van der Waals surface area contributed by atoms with E-state index in [1.807, 2.05) is 0 Å². The van der Waals surface area contributed by atoms with E-state index in [4.69, 9.17) is 10.5 Å². The highest BCUT2D eigenvalue weighted by atomic mass is 16.5. The zero-order chi connectivity index (χ0) is 10.9. The first-order valence-corrected chi connectivity index (χ1v) is 4.74. The fraction of sp³-hybridized carbons (Fsp3) is 0.400. The van der Waals surface area contributed by atoms with Crippen molar-refractivity contribution in [3.8, 4) is 5.75 Å². The Hall–Kier alpha value is -1.62. The Morgan fingerprint density at radius 2 is 2.40 bits per heavy atom. The van der Waals surface area contributed by atoms with Gasteiger partial charge in [-0.25, -0.2) is 0 Å². The number of pyridine rings is 1. The maximum atomic E-state index is 11.6. The van der Waals surface area contributed by atoms with Crippen molar-refractivity contribution >= 4 is 11.6 Å². The minimum atomic E-state index is -0.680. The van der Waals surface area contributed by atoms with Gasteiger partial charge in [-0.3, -0.25) is 9.78 Å². The Morgan fingerprint density at radius 3 is 3.00 bits per heavy atom. The molecule has 80 valence electrons. The molecule has 1 saturated carbocycles. The van der Waals surface area contributed by atoms with Gasteiger partial charge in [-0.2, -0.15) is 0 Å². The summed E-state index contributed by atoms with van der Waals surface area (Å²) in [5.41, 5.74) is 5.63. The number of aromatic nitrogens is 1. The number of anilines is 1. The van der Waals surface area contributed by atoms with E-state index >= 15 is 0 Å². The summed E-state index contributed by atoms with van der Waals surface area (Å²) < 4.78 is 5.08. The summed E-state index contributed by atoms with van der Waals surface area (Å²) in [5.74, 6) is 0.413. The first kappa shape index (κ1) is 9.92. The first-order valence-electron chi connectivity index (χ1n) is 4.74. The highest BCUT2D eigenvalue weighted by Gasteiger charge is 2.46. The van der Waals surface area contributed by atoms with Gasteiger partial charge in [0, 0.05) is 12.3 Å². The predicted molar refractivity (Wildman–Crippen MR) is 55.6 cm³/mol. The minimum absolute atomic E-state index is 0.172. The van der Waals surface area contributed by atoms with Crippen LogP contribution in [0, 0.1) is 0 Å². The van der Waals surface area contributed by atoms with Gasteiger partial charge in [-0.15, -0.1) is 0 Å². The van der Waals surface area contributed by atoms with E-state index in [2.05, 4.69) is 10.3 Å². The van der Waals surface area contributed by atoms with Crippen molar-refractivity contribution in [3.05, 3.63) is 18.5 Å². The van der Waals surface area contributed by atoms with E-state index in [-0.39, 0.29) is 5.91 Å². The molecule has 3 N–H and O–H groups in total. The second kappa shape index (κ2) is 3.51. The van der Waals surface area contributed by atoms with Crippen LogP contribution in [0.4, 0.5) is 5.69 Å². The summed E-state index contributed by atoms with van der Waals surface area (Å²) in [5, 5.41) is 2.71. The van der Waals surface area contributed by atoms with Crippen molar-refractivity contribution in [2.45, 2.75) is 18.4 Å². The van der Waals surface area contributed by atoms with Gasteiger partial charge in [0.1, 0.15) is 11.4 Å². The average molecular weight is 207 g/mol. The Morgan fingerprint density at radius 1 is 1.67 bits per heavy atom. The molecule has 1 amide bonds. The molecule has 5 heteroatoms. The molecular formula is C10H13N3O2. The van der Waals surface area contributed by atoms with Crippen LogP contribution in [0.15, 0.2) is 18.5 Å². The maximum Gasteiger partial charge on any atom is 0.244 e. The van der Waals surface area contributed by atoms with Crippen molar-refractivity contribution in [2.75, 3.05) is 12.4 Å². The SMILES string of the molecule is COc1ccncc1NC(=O)C1(N)CC1. The van der Waals surface area contributed by atoms with Crippen LogP contribution < -0.4 is 15.8 Å². The van der Waals surface area contributed by atoms with E-state index in [1.165, 1.54) is 0 Å². The van der Waals surface area contributed by atoms with Crippen LogP contribution >= 0.6 is 0 Å². The molecule has 0 spiro atoms. The molecule has 1 aliphatic carbocycles. The second-order valence-electron chi connectivity index (χ2n) is 3.69. The van der Waals surface area contributed by atoms with Crippen molar-refractivity contribution < 1.29 is 9.53 Å². The molecule has 1 aromatic heterocycles. The predicted octanol–water partition coefficient (Wildman–Crippen LogP) is 0.520. The Labute approximate surface area is 87.6 Å². The van der Waals surface area contributed by atoms with Gasteiger partial charge < -0.3 is 15.8 Å². The monoisotopic (exact) mass is 207 g/mol. The second-order valence-corrected chi connectivity index (χ2v) is 3.69. The number of amides is 1. The largest absolute Gasteiger partial charge is 0.494 e. The third-order valence-electron chi connectivity index (χ3n) is 2.49. The summed E-state index contributed by atoms with van der Waals surface area (Å²) in [4.78, 5) is 15.6. The van der Waals surface area contributed by atoms with E-state index in [0.29, 0.717) is 11.4 Å². The van der Waals surface area contributed by atoms with Crippen molar-refractivity contribution in [1.29, 1.82) is 0 Å². The first-order chi connectivity index (χ1) is 7.15. The van der Waals surface area contributed by atoms with E-state index in [0.717, 1.165) is 12.8 Å². The van der Waals surface area contributed by atoms with Crippen LogP contribution in [-0.4, -0.2) is 23.5 Å². The molecule has 2 rings (SSSR count). The van der Waals surface area contributed by atoms with Crippen LogP contribution in [0.2, 0.25) is 0 Å². The molecule has 0 radical (unpaired) electrons. The Balaban J connectivity index is 2.13. The lowest BCUT2D eigenvalue weighted by Crippen LogP contribution is -2.37. The van der Waals surface area contributed by atoms with E-state index in [1.54, 1.807) is 25.6 Å². The lowest BCUT2D eigenvalue weighted by atomic mass is 10.2. The maximum absolute atomic E-state index is 11.6. The highest BCUT2D eigenvalue weighted by Crippen LogP contribution is 2.34. The number of nitrogens with one attached hydrogen (secondary N) is 1. The van der Waals surface area contributed by atoms with Gasteiger partial charge in [-0.05, 0) is 12.8 Å². The molecule has 0 atom stereocenters. The standard InChI is InChI=1S/C10H13N3O2/c1-15-8-2-5-12-6-7(8)13-9(14)10(11)3-4-10/h2,5-6H,3-4,11H2,1H3,(H,13,14). The summed E-state index contributed by atoms with van der Waals surface area (Å²) >= 11 is 0. The van der Waals surface area contributed by atoms with Gasteiger partial charge in [-0.1, -0.05) is 0 Å². The molecule has 1 heterocycles. The molecule has 5 nitrogen and oxygen atoms in total. The van der Waals surface area contributed by atoms with E-state index in [9.17, 15) is 4.79 Å². The molecule has 15 heavy (non-hydrogen) atoms. The molecular weight excluding hydrogens is 194 g/mol. The zero-order valence-electron chi connectivity index (χ0n) is 8.49. The molecule has 1 aliphatic rings. The zero-order valence-corrected chi connectivity index (χ0v) is 8.49. The van der Waals surface area contributed by atoms with Crippen molar-refractivity contribution in [1.82, 2.24) is 4.98 Å². The van der Waals surface area contributed by atoms with Gasteiger partial charge in [0.25, 0.3) is 0 Å². The lowest BCUT2D eigenvalue weighted by molar-refractivity contribution is -0.118. The third kappa shape index (κ3) is 1.92. The smallest absolute Gasteiger partial charge is 0.244 e. The summed E-state index contributed by atoms with van der Waals surface area (Å²) in [6.45, 7) is 0. The van der Waals surface area contributed by atoms with Gasteiger partial charge in [0.15, 0.2) is 0 Å². The van der Waals surface area contributed by atoms with E-state index < -0.39 is 5.54 Å². The number of rotatable bonds is 3. The van der Waals surface area contributed by atoms with Gasteiger partial charge in [0.2, 0.25) is 5.91 Å². The van der Waals surface area contributed by atoms with Crippen LogP contribution in [0.3, 0.4) is 0 Å². The van der Waals surface area contributed by atoms with Crippen molar-refractivity contribution in [2.24, 2.45) is 5.73 Å². The Bertz CT molecular complexity index is 388. The van der Waals surface area contributed by atoms with Crippen LogP contribution in [0.5, 0.6) is 5.75 Å². The number of carbonyl (C=O) groups excluding carboxylic acids is 1. The van der Waals surface area contributed by atoms with Crippen LogP contribution in [0.25, 0.3) is 0 Å². The summed E-state index contributed by atoms with van der Waals surface area (Å²) in [6.07, 6.45) is 4.62. The van der Waals surface area contributed by atoms with Crippen molar-refractivity contribution in [3.63, 3.8) is 0 Å². The number of nitrogens with zero attached hydrogens (tertiary/aromatic N) is 1. The van der Waals surface area contributed by atoms with Gasteiger partial charge in [0.05, 0.1) is 18.8 Å². The minimum Gasteiger partial charge on any atom is -0.494 e. The average Bonchev–Trinajstić information content (AvgIpc) is 2.99. The third-order valence-corrected chi connectivity index (χ3v) is 2.49. The topological polar surface area (TPSA) is 77.2 Å². The molecule has 0 aliphatic heterocycles. The van der Waals surface area contributed by atoms with Crippen LogP contribution in [-0.2, 0) is 4.79 Å². The molecule has 1 aromatic rings. The normalized spacial score (nSPS) is 16.9. The number of carbonyl (C=O) groups is 1. The number of hydrogen-bond donors (Lipinski definition) is 2. The molecule has 1 fully saturated rings. The highest BCUT2D eigenvalue weighted by molar-refractivity contribution is 6.00. The summed E-state index contributed by atoms with van der Waals surface area (Å²) in [7, 11) is 1.54. The lowest BCUT2D eigenvalue weighted by Gasteiger charge is -2.12. The fourth-order valence-corrected chi connectivity index (χ4v) is 1.26. The van der Waals surface area contributed by atoms with Crippen LogP contribution in [0.1, 0.15) is 12.8 Å². The number of nitrogens with two attached hydrogens (primary N) is 1. The number of hydrogen-bond acceptors (Lipinski definition) is 4. The summed E-state index contributed by atoms with van der Waals surface area (Å²) in [6, 6.07) is 1.69.